The first-order valence-corrected chi connectivity index (χ1v) is 6.06. The zero-order chi connectivity index (χ0) is 11.3. The summed E-state index contributed by atoms with van der Waals surface area (Å²) in [5, 5.41) is 10.2. The lowest BCUT2D eigenvalue weighted by molar-refractivity contribution is -0.0925. The number of aryl methyl sites for hydroxylation is 1. The SMILES string of the molecule is Cc1ccc2c(c1)[C@H](O)CC1(CC(C)C1)O2. The van der Waals surface area contributed by atoms with Gasteiger partial charge in [-0.2, -0.15) is 0 Å². The van der Waals surface area contributed by atoms with Gasteiger partial charge in [0.2, 0.25) is 0 Å². The highest BCUT2D eigenvalue weighted by Crippen LogP contribution is 2.51. The molecule has 1 heterocycles. The van der Waals surface area contributed by atoms with E-state index in [-0.39, 0.29) is 11.7 Å². The van der Waals surface area contributed by atoms with Crippen molar-refractivity contribution in [1.82, 2.24) is 0 Å². The maximum atomic E-state index is 10.2. The van der Waals surface area contributed by atoms with Crippen LogP contribution in [0.2, 0.25) is 0 Å². The predicted octanol–water partition coefficient (Wildman–Crippen LogP) is 2.98. The maximum absolute atomic E-state index is 10.2. The molecule has 1 fully saturated rings. The minimum Gasteiger partial charge on any atom is -0.487 e. The van der Waals surface area contributed by atoms with E-state index in [4.69, 9.17) is 4.74 Å². The van der Waals surface area contributed by atoms with Crippen LogP contribution in [0.1, 0.15) is 43.4 Å². The second-order valence-electron chi connectivity index (χ2n) is 5.56. The van der Waals surface area contributed by atoms with Crippen LogP contribution in [0.25, 0.3) is 0 Å². The summed E-state index contributed by atoms with van der Waals surface area (Å²) in [6.45, 7) is 4.29. The van der Waals surface area contributed by atoms with Crippen LogP contribution in [0.4, 0.5) is 0 Å². The van der Waals surface area contributed by atoms with E-state index in [0.717, 1.165) is 36.5 Å². The van der Waals surface area contributed by atoms with Crippen LogP contribution >= 0.6 is 0 Å². The summed E-state index contributed by atoms with van der Waals surface area (Å²) in [6, 6.07) is 6.08. The summed E-state index contributed by atoms with van der Waals surface area (Å²) in [5.74, 6) is 1.62. The van der Waals surface area contributed by atoms with Gasteiger partial charge in [-0.25, -0.2) is 0 Å². The molecular formula is C14H18O2. The highest BCUT2D eigenvalue weighted by Gasteiger charge is 2.48. The fraction of sp³-hybridized carbons (Fsp3) is 0.571. The fourth-order valence-electron chi connectivity index (χ4n) is 3.22. The van der Waals surface area contributed by atoms with Gasteiger partial charge in [-0.1, -0.05) is 18.6 Å². The first-order chi connectivity index (χ1) is 7.58. The Hall–Kier alpha value is -1.02. The number of fused-ring (bicyclic) bond motifs is 1. The van der Waals surface area contributed by atoms with Crippen LogP contribution in [0.3, 0.4) is 0 Å². The lowest BCUT2D eigenvalue weighted by Gasteiger charge is -2.50. The highest BCUT2D eigenvalue weighted by molar-refractivity contribution is 5.41. The van der Waals surface area contributed by atoms with Crippen molar-refractivity contribution in [1.29, 1.82) is 0 Å². The molecule has 1 aliphatic heterocycles. The molecular weight excluding hydrogens is 200 g/mol. The fourth-order valence-corrected chi connectivity index (χ4v) is 3.22. The smallest absolute Gasteiger partial charge is 0.125 e. The van der Waals surface area contributed by atoms with Crippen LogP contribution in [0.5, 0.6) is 5.75 Å². The maximum Gasteiger partial charge on any atom is 0.125 e. The van der Waals surface area contributed by atoms with Gasteiger partial charge in [-0.15, -0.1) is 0 Å². The quantitative estimate of drug-likeness (QED) is 0.725. The van der Waals surface area contributed by atoms with Crippen LogP contribution in [0, 0.1) is 12.8 Å². The largest absolute Gasteiger partial charge is 0.487 e. The Morgan fingerprint density at radius 2 is 2.06 bits per heavy atom. The lowest BCUT2D eigenvalue weighted by atomic mass is 9.67. The van der Waals surface area contributed by atoms with Crippen molar-refractivity contribution in [2.45, 2.75) is 44.8 Å². The lowest BCUT2D eigenvalue weighted by Crippen LogP contribution is -2.51. The second-order valence-corrected chi connectivity index (χ2v) is 5.56. The first-order valence-electron chi connectivity index (χ1n) is 6.06. The predicted molar refractivity (Wildman–Crippen MR) is 62.5 cm³/mol. The molecule has 0 unspecified atom stereocenters. The van der Waals surface area contributed by atoms with Crippen molar-refractivity contribution < 1.29 is 9.84 Å². The zero-order valence-electron chi connectivity index (χ0n) is 9.86. The number of ether oxygens (including phenoxy) is 1. The summed E-state index contributed by atoms with van der Waals surface area (Å²) in [4.78, 5) is 0. The average Bonchev–Trinajstić information content (AvgIpc) is 2.17. The van der Waals surface area contributed by atoms with Crippen LogP contribution in [-0.4, -0.2) is 10.7 Å². The summed E-state index contributed by atoms with van der Waals surface area (Å²) < 4.78 is 6.09. The molecule has 0 aromatic heterocycles. The Labute approximate surface area is 96.2 Å². The van der Waals surface area contributed by atoms with Gasteiger partial charge in [-0.3, -0.25) is 0 Å². The minimum atomic E-state index is -0.351. The molecule has 1 aliphatic carbocycles. The van der Waals surface area contributed by atoms with Crippen molar-refractivity contribution in [3.8, 4) is 5.75 Å². The molecule has 0 bridgehead atoms. The molecule has 0 radical (unpaired) electrons. The van der Waals surface area contributed by atoms with Crippen molar-refractivity contribution in [3.05, 3.63) is 29.3 Å². The van der Waals surface area contributed by atoms with E-state index in [9.17, 15) is 5.11 Å². The summed E-state index contributed by atoms with van der Waals surface area (Å²) in [5.41, 5.74) is 2.07. The standard InChI is InChI=1S/C14H18O2/c1-9-3-4-13-11(5-9)12(15)8-14(16-13)6-10(2)7-14/h3-5,10,12,15H,6-8H2,1-2H3/t10?,12-,14?/m1/s1. The molecule has 2 aliphatic rings. The van der Waals surface area contributed by atoms with E-state index in [1.165, 1.54) is 5.56 Å². The van der Waals surface area contributed by atoms with Gasteiger partial charge in [0.25, 0.3) is 0 Å². The molecule has 0 saturated heterocycles. The van der Waals surface area contributed by atoms with Gasteiger partial charge in [0.1, 0.15) is 11.4 Å². The number of benzene rings is 1. The van der Waals surface area contributed by atoms with E-state index in [0.29, 0.717) is 0 Å². The molecule has 1 aromatic carbocycles. The summed E-state index contributed by atoms with van der Waals surface area (Å²) in [6.07, 6.45) is 2.57. The monoisotopic (exact) mass is 218 g/mol. The van der Waals surface area contributed by atoms with Crippen LogP contribution in [0.15, 0.2) is 18.2 Å². The van der Waals surface area contributed by atoms with Crippen molar-refractivity contribution in [3.63, 3.8) is 0 Å². The molecule has 1 atom stereocenters. The van der Waals surface area contributed by atoms with Gasteiger partial charge in [-0.05, 0) is 37.8 Å². The molecule has 86 valence electrons. The first kappa shape index (κ1) is 10.2. The Bertz CT molecular complexity index is 419. The number of rotatable bonds is 0. The second kappa shape index (κ2) is 3.24. The Kier molecular flexibility index (Phi) is 2.05. The van der Waals surface area contributed by atoms with E-state index in [1.807, 2.05) is 25.1 Å². The van der Waals surface area contributed by atoms with Gasteiger partial charge < -0.3 is 9.84 Å². The van der Waals surface area contributed by atoms with Crippen molar-refractivity contribution >= 4 is 0 Å². The van der Waals surface area contributed by atoms with E-state index in [2.05, 4.69) is 6.92 Å². The molecule has 1 saturated carbocycles. The number of aliphatic hydroxyl groups is 1. The molecule has 1 spiro atoms. The Balaban J connectivity index is 1.94. The molecule has 1 aromatic rings. The van der Waals surface area contributed by atoms with Gasteiger partial charge >= 0.3 is 0 Å². The molecule has 0 amide bonds. The van der Waals surface area contributed by atoms with Gasteiger partial charge in [0.15, 0.2) is 0 Å². The zero-order valence-corrected chi connectivity index (χ0v) is 9.86. The molecule has 1 N–H and O–H groups in total. The average molecular weight is 218 g/mol. The van der Waals surface area contributed by atoms with E-state index in [1.54, 1.807) is 0 Å². The van der Waals surface area contributed by atoms with Gasteiger partial charge in [0.05, 0.1) is 6.10 Å². The normalized spacial score (nSPS) is 36.4. The third kappa shape index (κ3) is 1.44. The van der Waals surface area contributed by atoms with E-state index >= 15 is 0 Å². The number of aliphatic hydroxyl groups excluding tert-OH is 1. The topological polar surface area (TPSA) is 29.5 Å². The molecule has 16 heavy (non-hydrogen) atoms. The van der Waals surface area contributed by atoms with Crippen LogP contribution in [-0.2, 0) is 0 Å². The third-order valence-electron chi connectivity index (χ3n) is 3.86. The Morgan fingerprint density at radius 3 is 2.75 bits per heavy atom. The van der Waals surface area contributed by atoms with Crippen molar-refractivity contribution in [2.24, 2.45) is 5.92 Å². The molecule has 2 heteroatoms. The summed E-state index contributed by atoms with van der Waals surface area (Å²) in [7, 11) is 0. The van der Waals surface area contributed by atoms with Crippen molar-refractivity contribution in [2.75, 3.05) is 0 Å². The highest BCUT2D eigenvalue weighted by atomic mass is 16.5. The number of hydrogen-bond donors (Lipinski definition) is 1. The summed E-state index contributed by atoms with van der Waals surface area (Å²) >= 11 is 0. The van der Waals surface area contributed by atoms with Crippen LogP contribution < -0.4 is 4.74 Å². The molecule has 3 rings (SSSR count). The minimum absolute atomic E-state index is 0.0684. The molecule has 2 nitrogen and oxygen atoms in total. The van der Waals surface area contributed by atoms with E-state index < -0.39 is 0 Å². The van der Waals surface area contributed by atoms with Gasteiger partial charge in [0, 0.05) is 12.0 Å². The Morgan fingerprint density at radius 1 is 1.31 bits per heavy atom. The number of hydrogen-bond acceptors (Lipinski definition) is 2. The third-order valence-corrected chi connectivity index (χ3v) is 3.86.